The molecule has 2 aromatic heterocycles. The highest BCUT2D eigenvalue weighted by Gasteiger charge is 2.23. The van der Waals surface area contributed by atoms with Crippen molar-refractivity contribution in [3.63, 3.8) is 0 Å². The molecule has 0 spiro atoms. The monoisotopic (exact) mass is 447 g/mol. The molecule has 8 heteroatoms. The Kier molecular flexibility index (Phi) is 5.12. The first-order valence-corrected chi connectivity index (χ1v) is 10.3. The zero-order valence-electron chi connectivity index (χ0n) is 14.7. The number of thiophene rings is 1. The van der Waals surface area contributed by atoms with Crippen molar-refractivity contribution in [2.24, 2.45) is 0 Å². The molecule has 0 aliphatic carbocycles. The van der Waals surface area contributed by atoms with E-state index in [-0.39, 0.29) is 17.6 Å². The maximum absolute atomic E-state index is 13.1. The highest BCUT2D eigenvalue weighted by Crippen LogP contribution is 2.29. The molecule has 1 aliphatic heterocycles. The molecule has 1 atom stereocenters. The van der Waals surface area contributed by atoms with Crippen LogP contribution in [0.1, 0.15) is 28.1 Å². The lowest BCUT2D eigenvalue weighted by Gasteiger charge is -2.11. The molecule has 1 aromatic carbocycles. The number of halogens is 1. The molecular weight excluding hydrogens is 430 g/mol. The molecule has 0 radical (unpaired) electrons. The number of aryl methyl sites for hydroxylation is 1. The van der Waals surface area contributed by atoms with E-state index in [0.717, 1.165) is 28.8 Å². The first-order chi connectivity index (χ1) is 13.0. The van der Waals surface area contributed by atoms with Crippen LogP contribution in [0.15, 0.2) is 39.9 Å². The normalized spacial score (nSPS) is 16.7. The molecule has 0 bridgehead atoms. The standard InChI is InChI=1S/C19H18BrN3O3S/c1-11-15(17(24)22-14-7-3-2-6-13(14)20)16-18(27-11)21-10-23(19(16)25)9-12-5-4-8-26-12/h2-3,6-7,10,12H,4-5,8-9H2,1H3,(H,22,24)/t12-/m0/s1. The van der Waals surface area contributed by atoms with Gasteiger partial charge >= 0.3 is 0 Å². The SMILES string of the molecule is Cc1sc2ncn(C[C@@H]3CCCO3)c(=O)c2c1C(=O)Nc1ccccc1Br. The van der Waals surface area contributed by atoms with E-state index in [2.05, 4.69) is 26.2 Å². The summed E-state index contributed by atoms with van der Waals surface area (Å²) >= 11 is 4.79. The van der Waals surface area contributed by atoms with Crippen LogP contribution in [0, 0.1) is 6.92 Å². The smallest absolute Gasteiger partial charge is 0.262 e. The number of hydrogen-bond donors (Lipinski definition) is 1. The molecule has 3 aromatic rings. The summed E-state index contributed by atoms with van der Waals surface area (Å²) in [6.07, 6.45) is 3.52. The van der Waals surface area contributed by atoms with Gasteiger partial charge in [-0.15, -0.1) is 11.3 Å². The van der Waals surface area contributed by atoms with Crippen molar-refractivity contribution in [1.82, 2.24) is 9.55 Å². The molecule has 140 valence electrons. The van der Waals surface area contributed by atoms with Gasteiger partial charge in [0.1, 0.15) is 4.83 Å². The lowest BCUT2D eigenvalue weighted by Crippen LogP contribution is -2.27. The van der Waals surface area contributed by atoms with Gasteiger partial charge in [0.15, 0.2) is 0 Å². The van der Waals surface area contributed by atoms with Crippen LogP contribution in [0.25, 0.3) is 10.2 Å². The Balaban J connectivity index is 1.73. The summed E-state index contributed by atoms with van der Waals surface area (Å²) in [6.45, 7) is 3.03. The van der Waals surface area contributed by atoms with Gasteiger partial charge in [-0.3, -0.25) is 14.2 Å². The van der Waals surface area contributed by atoms with E-state index >= 15 is 0 Å². The Hall–Kier alpha value is -2.03. The zero-order valence-corrected chi connectivity index (χ0v) is 17.1. The van der Waals surface area contributed by atoms with Crippen LogP contribution in [0.5, 0.6) is 0 Å². The van der Waals surface area contributed by atoms with Crippen molar-refractivity contribution in [2.75, 3.05) is 11.9 Å². The largest absolute Gasteiger partial charge is 0.376 e. The number of para-hydroxylation sites is 1. The summed E-state index contributed by atoms with van der Waals surface area (Å²) in [5, 5.41) is 3.26. The van der Waals surface area contributed by atoms with Crippen LogP contribution in [0.4, 0.5) is 5.69 Å². The second-order valence-corrected chi connectivity index (χ2v) is 8.54. The average molecular weight is 448 g/mol. The number of benzene rings is 1. The Morgan fingerprint density at radius 1 is 1.44 bits per heavy atom. The number of rotatable bonds is 4. The van der Waals surface area contributed by atoms with Gasteiger partial charge in [-0.1, -0.05) is 12.1 Å². The summed E-state index contributed by atoms with van der Waals surface area (Å²) in [5.41, 5.74) is 0.854. The molecule has 0 unspecified atom stereocenters. The number of anilines is 1. The zero-order chi connectivity index (χ0) is 19.0. The summed E-state index contributed by atoms with van der Waals surface area (Å²) in [6, 6.07) is 7.37. The quantitative estimate of drug-likeness (QED) is 0.656. The first kappa shape index (κ1) is 18.3. The fourth-order valence-corrected chi connectivity index (χ4v) is 4.66. The molecular formula is C19H18BrN3O3S. The summed E-state index contributed by atoms with van der Waals surface area (Å²) in [4.78, 5) is 31.8. The van der Waals surface area contributed by atoms with Crippen molar-refractivity contribution < 1.29 is 9.53 Å². The molecule has 1 saturated heterocycles. The second kappa shape index (κ2) is 7.53. The predicted octanol–water partition coefficient (Wildman–Crippen LogP) is 3.96. The number of nitrogens with zero attached hydrogens (tertiary/aromatic N) is 2. The first-order valence-electron chi connectivity index (χ1n) is 8.70. The minimum atomic E-state index is -0.306. The van der Waals surface area contributed by atoms with Crippen LogP contribution in [-0.4, -0.2) is 28.2 Å². The van der Waals surface area contributed by atoms with E-state index in [1.165, 1.54) is 11.3 Å². The molecule has 4 rings (SSSR count). The van der Waals surface area contributed by atoms with Crippen LogP contribution in [0.2, 0.25) is 0 Å². The van der Waals surface area contributed by atoms with Crippen molar-refractivity contribution >= 4 is 49.1 Å². The van der Waals surface area contributed by atoms with Crippen molar-refractivity contribution in [3.8, 4) is 0 Å². The minimum Gasteiger partial charge on any atom is -0.376 e. The molecule has 1 N–H and O–H groups in total. The highest BCUT2D eigenvalue weighted by molar-refractivity contribution is 9.10. The van der Waals surface area contributed by atoms with Crippen molar-refractivity contribution in [2.45, 2.75) is 32.4 Å². The number of carbonyl (C=O) groups is 1. The van der Waals surface area contributed by atoms with Gasteiger partial charge in [-0.05, 0) is 47.8 Å². The minimum absolute atomic E-state index is 0.0271. The summed E-state index contributed by atoms with van der Waals surface area (Å²) < 4.78 is 7.97. The molecule has 6 nitrogen and oxygen atoms in total. The van der Waals surface area contributed by atoms with Crippen LogP contribution in [-0.2, 0) is 11.3 Å². The van der Waals surface area contributed by atoms with Gasteiger partial charge in [0.05, 0.1) is 35.6 Å². The van der Waals surface area contributed by atoms with Crippen molar-refractivity contribution in [3.05, 3.63) is 55.9 Å². The topological polar surface area (TPSA) is 73.2 Å². The Morgan fingerprint density at radius 2 is 2.26 bits per heavy atom. The number of ether oxygens (including phenoxy) is 1. The van der Waals surface area contributed by atoms with Gasteiger partial charge in [0.2, 0.25) is 0 Å². The lowest BCUT2D eigenvalue weighted by atomic mass is 10.1. The number of nitrogens with one attached hydrogen (secondary N) is 1. The Labute approximate surface area is 168 Å². The second-order valence-electron chi connectivity index (χ2n) is 6.48. The number of carbonyl (C=O) groups excluding carboxylic acids is 1. The number of fused-ring (bicyclic) bond motifs is 1. The fraction of sp³-hybridized carbons (Fsp3) is 0.316. The third kappa shape index (κ3) is 3.56. The Bertz CT molecular complexity index is 1070. The number of aromatic nitrogens is 2. The highest BCUT2D eigenvalue weighted by atomic mass is 79.9. The predicted molar refractivity (Wildman–Crippen MR) is 110 cm³/mol. The third-order valence-corrected chi connectivity index (χ3v) is 6.33. The van der Waals surface area contributed by atoms with Gasteiger partial charge in [0.25, 0.3) is 11.5 Å². The maximum Gasteiger partial charge on any atom is 0.262 e. The van der Waals surface area contributed by atoms with Crippen LogP contribution in [0.3, 0.4) is 0 Å². The molecule has 1 fully saturated rings. The van der Waals surface area contributed by atoms with Crippen molar-refractivity contribution in [1.29, 1.82) is 0 Å². The molecule has 1 amide bonds. The number of amides is 1. The summed E-state index contributed by atoms with van der Waals surface area (Å²) in [5.74, 6) is -0.306. The van der Waals surface area contributed by atoms with E-state index in [9.17, 15) is 9.59 Å². The van der Waals surface area contributed by atoms with E-state index in [4.69, 9.17) is 4.74 Å². The average Bonchev–Trinajstić information content (AvgIpc) is 3.26. The van der Waals surface area contributed by atoms with Gasteiger partial charge in [-0.25, -0.2) is 4.98 Å². The fourth-order valence-electron chi connectivity index (χ4n) is 3.30. The third-order valence-electron chi connectivity index (χ3n) is 4.63. The lowest BCUT2D eigenvalue weighted by molar-refractivity contribution is 0.0960. The maximum atomic E-state index is 13.1. The van der Waals surface area contributed by atoms with Gasteiger partial charge < -0.3 is 10.1 Å². The molecule has 3 heterocycles. The van der Waals surface area contributed by atoms with Gasteiger partial charge in [-0.2, -0.15) is 0 Å². The number of hydrogen-bond acceptors (Lipinski definition) is 5. The van der Waals surface area contributed by atoms with Gasteiger partial charge in [0, 0.05) is 16.0 Å². The van der Waals surface area contributed by atoms with Crippen LogP contribution >= 0.6 is 27.3 Å². The molecule has 27 heavy (non-hydrogen) atoms. The van der Waals surface area contributed by atoms with E-state index < -0.39 is 0 Å². The molecule has 0 saturated carbocycles. The van der Waals surface area contributed by atoms with E-state index in [0.29, 0.717) is 28.0 Å². The van der Waals surface area contributed by atoms with E-state index in [1.807, 2.05) is 25.1 Å². The van der Waals surface area contributed by atoms with E-state index in [1.54, 1.807) is 17.0 Å². The summed E-state index contributed by atoms with van der Waals surface area (Å²) in [7, 11) is 0. The molecule has 1 aliphatic rings. The van der Waals surface area contributed by atoms with Crippen LogP contribution < -0.4 is 10.9 Å². The Morgan fingerprint density at radius 3 is 3.00 bits per heavy atom.